The maximum absolute atomic E-state index is 13.2. The van der Waals surface area contributed by atoms with Crippen molar-refractivity contribution in [2.24, 2.45) is 0 Å². The predicted octanol–water partition coefficient (Wildman–Crippen LogP) is 2.01. The highest BCUT2D eigenvalue weighted by molar-refractivity contribution is 7.92. The SMILES string of the molecule is CN1CCN(C(=O)c2ccc(S(=O)(=O)Nc3cccc(F)c3)cc2)CC1. The van der Waals surface area contributed by atoms with Crippen LogP contribution >= 0.6 is 0 Å². The number of sulfonamides is 1. The number of hydrogen-bond acceptors (Lipinski definition) is 4. The van der Waals surface area contributed by atoms with E-state index >= 15 is 0 Å². The average molecular weight is 377 g/mol. The topological polar surface area (TPSA) is 69.7 Å². The zero-order valence-electron chi connectivity index (χ0n) is 14.4. The highest BCUT2D eigenvalue weighted by Gasteiger charge is 2.21. The molecule has 0 atom stereocenters. The Morgan fingerprint density at radius 1 is 1.04 bits per heavy atom. The van der Waals surface area contributed by atoms with Gasteiger partial charge in [0, 0.05) is 31.7 Å². The number of anilines is 1. The van der Waals surface area contributed by atoms with E-state index in [2.05, 4.69) is 9.62 Å². The number of halogens is 1. The van der Waals surface area contributed by atoms with E-state index in [9.17, 15) is 17.6 Å². The minimum absolute atomic E-state index is 0.0108. The van der Waals surface area contributed by atoms with Gasteiger partial charge in [-0.25, -0.2) is 12.8 Å². The smallest absolute Gasteiger partial charge is 0.261 e. The van der Waals surface area contributed by atoms with Crippen LogP contribution in [0.5, 0.6) is 0 Å². The van der Waals surface area contributed by atoms with E-state index in [1.807, 2.05) is 7.05 Å². The van der Waals surface area contributed by atoms with Gasteiger partial charge < -0.3 is 9.80 Å². The van der Waals surface area contributed by atoms with Crippen LogP contribution in [0.15, 0.2) is 53.4 Å². The summed E-state index contributed by atoms with van der Waals surface area (Å²) in [6.45, 7) is 2.93. The van der Waals surface area contributed by atoms with Crippen molar-refractivity contribution in [1.29, 1.82) is 0 Å². The molecular weight excluding hydrogens is 357 g/mol. The quantitative estimate of drug-likeness (QED) is 0.885. The fourth-order valence-corrected chi connectivity index (χ4v) is 3.78. The van der Waals surface area contributed by atoms with Crippen molar-refractivity contribution in [3.8, 4) is 0 Å². The van der Waals surface area contributed by atoms with Gasteiger partial charge in [-0.05, 0) is 49.5 Å². The van der Waals surface area contributed by atoms with Gasteiger partial charge in [-0.15, -0.1) is 0 Å². The van der Waals surface area contributed by atoms with Gasteiger partial charge >= 0.3 is 0 Å². The number of carbonyl (C=O) groups excluding carboxylic acids is 1. The largest absolute Gasteiger partial charge is 0.336 e. The van der Waals surface area contributed by atoms with Crippen LogP contribution in [0.25, 0.3) is 0 Å². The number of piperazine rings is 1. The summed E-state index contributed by atoms with van der Waals surface area (Å²) in [5.41, 5.74) is 0.585. The molecule has 1 fully saturated rings. The number of benzene rings is 2. The molecule has 6 nitrogen and oxygen atoms in total. The van der Waals surface area contributed by atoms with Gasteiger partial charge in [0.1, 0.15) is 5.82 Å². The van der Waals surface area contributed by atoms with Crippen molar-refractivity contribution in [2.45, 2.75) is 4.90 Å². The maximum atomic E-state index is 13.2. The first-order chi connectivity index (χ1) is 12.3. The Morgan fingerprint density at radius 2 is 1.69 bits per heavy atom. The molecule has 138 valence electrons. The summed E-state index contributed by atoms with van der Waals surface area (Å²) in [6.07, 6.45) is 0. The number of nitrogens with one attached hydrogen (secondary N) is 1. The maximum Gasteiger partial charge on any atom is 0.261 e. The summed E-state index contributed by atoms with van der Waals surface area (Å²) in [5.74, 6) is -0.640. The van der Waals surface area contributed by atoms with E-state index in [0.717, 1.165) is 19.2 Å². The third-order valence-electron chi connectivity index (χ3n) is 4.28. The first-order valence-corrected chi connectivity index (χ1v) is 9.70. The molecule has 0 aliphatic carbocycles. The van der Waals surface area contributed by atoms with E-state index < -0.39 is 15.8 Å². The van der Waals surface area contributed by atoms with E-state index in [1.165, 1.54) is 42.5 Å². The molecule has 1 amide bonds. The molecule has 1 N–H and O–H groups in total. The molecule has 1 aliphatic rings. The highest BCUT2D eigenvalue weighted by atomic mass is 32.2. The second kappa shape index (κ2) is 7.43. The standard InChI is InChI=1S/C18H20FN3O3S/c1-21-9-11-22(12-10-21)18(23)14-5-7-17(8-6-14)26(24,25)20-16-4-2-3-15(19)13-16/h2-8,13,20H,9-12H2,1H3. The number of carbonyl (C=O) groups is 1. The monoisotopic (exact) mass is 377 g/mol. The fourth-order valence-electron chi connectivity index (χ4n) is 2.73. The van der Waals surface area contributed by atoms with Crippen LogP contribution in [0.3, 0.4) is 0 Å². The Bertz CT molecular complexity index is 892. The van der Waals surface area contributed by atoms with Crippen LogP contribution in [0.1, 0.15) is 10.4 Å². The molecule has 2 aromatic rings. The summed E-state index contributed by atoms with van der Waals surface area (Å²) in [6, 6.07) is 11.0. The number of rotatable bonds is 4. The molecule has 0 unspecified atom stereocenters. The summed E-state index contributed by atoms with van der Waals surface area (Å²) in [7, 11) is -1.85. The van der Waals surface area contributed by atoms with E-state index in [-0.39, 0.29) is 16.5 Å². The molecule has 1 heterocycles. The highest BCUT2D eigenvalue weighted by Crippen LogP contribution is 2.18. The lowest BCUT2D eigenvalue weighted by Gasteiger charge is -2.32. The summed E-state index contributed by atoms with van der Waals surface area (Å²) in [4.78, 5) is 16.4. The van der Waals surface area contributed by atoms with E-state index in [4.69, 9.17) is 0 Å². The van der Waals surface area contributed by atoms with E-state index in [1.54, 1.807) is 4.90 Å². The Morgan fingerprint density at radius 3 is 2.31 bits per heavy atom. The summed E-state index contributed by atoms with van der Waals surface area (Å²) >= 11 is 0. The number of likely N-dealkylation sites (N-methyl/N-ethyl adjacent to an activating group) is 1. The van der Waals surface area contributed by atoms with Gasteiger partial charge in [-0.3, -0.25) is 9.52 Å². The van der Waals surface area contributed by atoms with Crippen molar-refractivity contribution in [1.82, 2.24) is 9.80 Å². The van der Waals surface area contributed by atoms with Crippen molar-refractivity contribution in [3.05, 3.63) is 59.9 Å². The zero-order chi connectivity index (χ0) is 18.7. The number of nitrogens with zero attached hydrogens (tertiary/aromatic N) is 2. The third-order valence-corrected chi connectivity index (χ3v) is 5.68. The minimum atomic E-state index is -3.85. The average Bonchev–Trinajstić information content (AvgIpc) is 2.61. The number of hydrogen-bond donors (Lipinski definition) is 1. The first kappa shape index (κ1) is 18.3. The molecule has 26 heavy (non-hydrogen) atoms. The molecule has 0 bridgehead atoms. The molecule has 0 aromatic heterocycles. The molecular formula is C18H20FN3O3S. The van der Waals surface area contributed by atoms with Crippen LogP contribution < -0.4 is 4.72 Å². The second-order valence-electron chi connectivity index (χ2n) is 6.24. The lowest BCUT2D eigenvalue weighted by molar-refractivity contribution is 0.0664. The number of amides is 1. The van der Waals surface area contributed by atoms with Crippen molar-refractivity contribution < 1.29 is 17.6 Å². The van der Waals surface area contributed by atoms with Crippen LogP contribution in [-0.2, 0) is 10.0 Å². The molecule has 0 saturated carbocycles. The first-order valence-electron chi connectivity index (χ1n) is 8.21. The molecule has 1 saturated heterocycles. The van der Waals surface area contributed by atoms with Gasteiger partial charge in [0.2, 0.25) is 0 Å². The minimum Gasteiger partial charge on any atom is -0.336 e. The Kier molecular flexibility index (Phi) is 5.24. The predicted molar refractivity (Wildman–Crippen MR) is 97.1 cm³/mol. The normalized spacial score (nSPS) is 15.7. The second-order valence-corrected chi connectivity index (χ2v) is 7.92. The van der Waals surface area contributed by atoms with Crippen molar-refractivity contribution in [2.75, 3.05) is 37.9 Å². The molecule has 1 aliphatic heterocycles. The van der Waals surface area contributed by atoms with Gasteiger partial charge in [0.25, 0.3) is 15.9 Å². The lowest BCUT2D eigenvalue weighted by Crippen LogP contribution is -2.47. The van der Waals surface area contributed by atoms with Crippen LogP contribution in [0.2, 0.25) is 0 Å². The van der Waals surface area contributed by atoms with E-state index in [0.29, 0.717) is 18.7 Å². The Labute approximate surface area is 152 Å². The molecule has 2 aromatic carbocycles. The van der Waals surface area contributed by atoms with Crippen molar-refractivity contribution in [3.63, 3.8) is 0 Å². The van der Waals surface area contributed by atoms with Crippen LogP contribution in [0.4, 0.5) is 10.1 Å². The third kappa shape index (κ3) is 4.20. The van der Waals surface area contributed by atoms with Gasteiger partial charge in [-0.1, -0.05) is 6.07 Å². The van der Waals surface area contributed by atoms with Crippen LogP contribution in [0, 0.1) is 5.82 Å². The van der Waals surface area contributed by atoms with Crippen LogP contribution in [-0.4, -0.2) is 57.4 Å². The molecule has 8 heteroatoms. The molecule has 0 radical (unpaired) electrons. The van der Waals surface area contributed by atoms with Crippen molar-refractivity contribution >= 4 is 21.6 Å². The molecule has 3 rings (SSSR count). The van der Waals surface area contributed by atoms with Gasteiger partial charge in [0.05, 0.1) is 10.6 Å². The Balaban J connectivity index is 1.73. The Hall–Kier alpha value is -2.45. The molecule has 0 spiro atoms. The zero-order valence-corrected chi connectivity index (χ0v) is 15.2. The summed E-state index contributed by atoms with van der Waals surface area (Å²) in [5, 5.41) is 0. The fraction of sp³-hybridized carbons (Fsp3) is 0.278. The van der Waals surface area contributed by atoms with Gasteiger partial charge in [-0.2, -0.15) is 0 Å². The lowest BCUT2D eigenvalue weighted by atomic mass is 10.2. The summed E-state index contributed by atoms with van der Waals surface area (Å²) < 4.78 is 40.3. The van der Waals surface area contributed by atoms with Gasteiger partial charge in [0.15, 0.2) is 0 Å².